The number of sulfonamides is 1. The molecule has 0 amide bonds. The van der Waals surface area contributed by atoms with Crippen molar-refractivity contribution < 1.29 is 13.2 Å². The number of benzene rings is 3. The van der Waals surface area contributed by atoms with E-state index in [-0.39, 0.29) is 4.90 Å². The van der Waals surface area contributed by atoms with Gasteiger partial charge in [-0.15, -0.1) is 0 Å². The van der Waals surface area contributed by atoms with Crippen molar-refractivity contribution in [2.45, 2.75) is 30.6 Å². The van der Waals surface area contributed by atoms with Gasteiger partial charge < -0.3 is 9.64 Å². The van der Waals surface area contributed by atoms with Gasteiger partial charge in [0, 0.05) is 6.54 Å². The van der Waals surface area contributed by atoms with Crippen LogP contribution in [0, 0.1) is 5.92 Å². The van der Waals surface area contributed by atoms with Gasteiger partial charge in [0.2, 0.25) is 10.0 Å². The molecule has 0 bridgehead atoms. The van der Waals surface area contributed by atoms with Gasteiger partial charge in [-0.25, -0.2) is 13.1 Å². The average Bonchev–Trinajstić information content (AvgIpc) is 2.85. The Morgan fingerprint density at radius 3 is 2.09 bits per heavy atom. The summed E-state index contributed by atoms with van der Waals surface area (Å²) in [7, 11) is -3.52. The van der Waals surface area contributed by atoms with Crippen molar-refractivity contribution in [1.29, 1.82) is 0 Å². The van der Waals surface area contributed by atoms with Crippen LogP contribution in [0.5, 0.6) is 11.5 Å². The summed E-state index contributed by atoms with van der Waals surface area (Å²) in [6, 6.07) is 26.7. The van der Waals surface area contributed by atoms with Crippen molar-refractivity contribution in [2.75, 3.05) is 26.2 Å². The second-order valence-electron chi connectivity index (χ2n) is 8.61. The van der Waals surface area contributed by atoms with Crippen molar-refractivity contribution >= 4 is 10.0 Å². The van der Waals surface area contributed by atoms with E-state index < -0.39 is 10.0 Å². The lowest BCUT2D eigenvalue weighted by Crippen LogP contribution is -2.36. The summed E-state index contributed by atoms with van der Waals surface area (Å²) in [4.78, 5) is 2.70. The standard InChI is InChI=1S/C27H32N2O3S/c30-33(31,27-14-12-26(13-15-27)32-25-10-5-2-6-11-25)28-18-7-19-29-20-16-24(17-21-29)22-23-8-3-1-4-9-23/h1-6,8-15,24,28H,7,16-22H2. The number of likely N-dealkylation sites (tertiary alicyclic amines) is 1. The van der Waals surface area contributed by atoms with E-state index in [1.165, 1.54) is 18.4 Å². The van der Waals surface area contributed by atoms with Crippen LogP contribution >= 0.6 is 0 Å². The fourth-order valence-electron chi connectivity index (χ4n) is 4.27. The maximum absolute atomic E-state index is 12.6. The van der Waals surface area contributed by atoms with Crippen LogP contribution in [0.2, 0.25) is 0 Å². The number of hydrogen-bond donors (Lipinski definition) is 1. The van der Waals surface area contributed by atoms with E-state index >= 15 is 0 Å². The molecular weight excluding hydrogens is 432 g/mol. The van der Waals surface area contributed by atoms with Crippen LogP contribution in [0.15, 0.2) is 89.8 Å². The molecule has 174 valence electrons. The molecule has 0 spiro atoms. The Labute approximate surface area is 197 Å². The van der Waals surface area contributed by atoms with E-state index in [1.807, 2.05) is 30.3 Å². The molecule has 0 radical (unpaired) electrons. The minimum Gasteiger partial charge on any atom is -0.457 e. The molecule has 1 saturated heterocycles. The summed E-state index contributed by atoms with van der Waals surface area (Å²) < 4.78 is 33.7. The molecule has 1 fully saturated rings. The molecule has 0 atom stereocenters. The Hall–Kier alpha value is -2.67. The predicted octanol–water partition coefficient (Wildman–Crippen LogP) is 5.10. The summed E-state index contributed by atoms with van der Waals surface area (Å²) in [6.45, 7) is 3.54. The van der Waals surface area contributed by atoms with Crippen molar-refractivity contribution in [1.82, 2.24) is 9.62 Å². The van der Waals surface area contributed by atoms with Gasteiger partial charge >= 0.3 is 0 Å². The van der Waals surface area contributed by atoms with Crippen molar-refractivity contribution in [3.05, 3.63) is 90.5 Å². The SMILES string of the molecule is O=S(=O)(NCCCN1CCC(Cc2ccccc2)CC1)c1ccc(Oc2ccccc2)cc1. The predicted molar refractivity (Wildman–Crippen MR) is 132 cm³/mol. The van der Waals surface area contributed by atoms with Gasteiger partial charge in [-0.3, -0.25) is 0 Å². The highest BCUT2D eigenvalue weighted by Crippen LogP contribution is 2.23. The quantitative estimate of drug-likeness (QED) is 0.424. The van der Waals surface area contributed by atoms with E-state index in [9.17, 15) is 8.42 Å². The molecule has 1 aliphatic rings. The Morgan fingerprint density at radius 2 is 1.42 bits per heavy atom. The lowest BCUT2D eigenvalue weighted by atomic mass is 9.90. The molecule has 3 aromatic carbocycles. The number of para-hydroxylation sites is 1. The zero-order valence-electron chi connectivity index (χ0n) is 18.9. The molecule has 6 heteroatoms. The second kappa shape index (κ2) is 11.5. The van der Waals surface area contributed by atoms with E-state index in [0.717, 1.165) is 44.1 Å². The van der Waals surface area contributed by atoms with Crippen LogP contribution < -0.4 is 9.46 Å². The highest BCUT2D eigenvalue weighted by molar-refractivity contribution is 7.89. The number of hydrogen-bond acceptors (Lipinski definition) is 4. The normalized spacial score (nSPS) is 15.4. The zero-order chi connectivity index (χ0) is 22.9. The Balaban J connectivity index is 1.16. The third kappa shape index (κ3) is 7.16. The van der Waals surface area contributed by atoms with Gasteiger partial charge in [0.15, 0.2) is 0 Å². The van der Waals surface area contributed by atoms with E-state index in [4.69, 9.17) is 4.74 Å². The van der Waals surface area contributed by atoms with Gasteiger partial charge in [0.1, 0.15) is 11.5 Å². The largest absolute Gasteiger partial charge is 0.457 e. The summed E-state index contributed by atoms with van der Waals surface area (Å²) in [5.74, 6) is 2.07. The summed E-state index contributed by atoms with van der Waals surface area (Å²) in [5.41, 5.74) is 1.42. The molecular formula is C27H32N2O3S. The molecule has 1 aliphatic heterocycles. The van der Waals surface area contributed by atoms with Gasteiger partial charge in [-0.05, 0) is 93.2 Å². The molecule has 3 aromatic rings. The highest BCUT2D eigenvalue weighted by Gasteiger charge is 2.19. The van der Waals surface area contributed by atoms with Crippen molar-refractivity contribution in [2.24, 2.45) is 5.92 Å². The fourth-order valence-corrected chi connectivity index (χ4v) is 5.34. The molecule has 0 unspecified atom stereocenters. The summed E-state index contributed by atoms with van der Waals surface area (Å²) in [5, 5.41) is 0. The number of nitrogens with one attached hydrogen (secondary N) is 1. The van der Waals surface area contributed by atoms with Gasteiger partial charge in [-0.2, -0.15) is 0 Å². The monoisotopic (exact) mass is 464 g/mol. The van der Waals surface area contributed by atoms with Gasteiger partial charge in [-0.1, -0.05) is 48.5 Å². The van der Waals surface area contributed by atoms with E-state index in [1.54, 1.807) is 24.3 Å². The molecule has 33 heavy (non-hydrogen) atoms. The van der Waals surface area contributed by atoms with Crippen LogP contribution in [0.25, 0.3) is 0 Å². The maximum Gasteiger partial charge on any atom is 0.240 e. The number of rotatable bonds is 10. The molecule has 1 heterocycles. The highest BCUT2D eigenvalue weighted by atomic mass is 32.2. The third-order valence-corrected chi connectivity index (χ3v) is 7.61. The second-order valence-corrected chi connectivity index (χ2v) is 10.4. The smallest absolute Gasteiger partial charge is 0.240 e. The van der Waals surface area contributed by atoms with Gasteiger partial charge in [0.05, 0.1) is 4.90 Å². The molecule has 0 aliphatic carbocycles. The first-order valence-electron chi connectivity index (χ1n) is 11.7. The first-order chi connectivity index (χ1) is 16.1. The van der Waals surface area contributed by atoms with Crippen LogP contribution in [0.1, 0.15) is 24.8 Å². The number of ether oxygens (including phenoxy) is 1. The number of nitrogens with zero attached hydrogens (tertiary/aromatic N) is 1. The molecule has 0 aromatic heterocycles. The Morgan fingerprint density at radius 1 is 0.818 bits per heavy atom. The minimum atomic E-state index is -3.52. The lowest BCUT2D eigenvalue weighted by molar-refractivity contribution is 0.183. The summed E-state index contributed by atoms with van der Waals surface area (Å²) >= 11 is 0. The Kier molecular flexibility index (Phi) is 8.15. The molecule has 1 N–H and O–H groups in total. The van der Waals surface area contributed by atoms with Crippen LogP contribution in [-0.2, 0) is 16.4 Å². The third-order valence-electron chi connectivity index (χ3n) is 6.13. The van der Waals surface area contributed by atoms with Crippen molar-refractivity contribution in [3.63, 3.8) is 0 Å². The molecule has 0 saturated carbocycles. The number of piperidine rings is 1. The maximum atomic E-state index is 12.6. The minimum absolute atomic E-state index is 0.254. The first kappa shape index (κ1) is 23.5. The van der Waals surface area contributed by atoms with Crippen LogP contribution in [0.3, 0.4) is 0 Å². The van der Waals surface area contributed by atoms with Crippen LogP contribution in [-0.4, -0.2) is 39.5 Å². The van der Waals surface area contributed by atoms with E-state index in [0.29, 0.717) is 12.3 Å². The summed E-state index contributed by atoms with van der Waals surface area (Å²) in [6.07, 6.45) is 4.37. The average molecular weight is 465 g/mol. The van der Waals surface area contributed by atoms with Gasteiger partial charge in [0.25, 0.3) is 0 Å². The van der Waals surface area contributed by atoms with Crippen LogP contribution in [0.4, 0.5) is 0 Å². The first-order valence-corrected chi connectivity index (χ1v) is 13.2. The van der Waals surface area contributed by atoms with Crippen molar-refractivity contribution in [3.8, 4) is 11.5 Å². The molecule has 4 rings (SSSR count). The zero-order valence-corrected chi connectivity index (χ0v) is 19.7. The fraction of sp³-hybridized carbons (Fsp3) is 0.333. The lowest BCUT2D eigenvalue weighted by Gasteiger charge is -2.32. The topological polar surface area (TPSA) is 58.6 Å². The molecule has 5 nitrogen and oxygen atoms in total. The Bertz CT molecular complexity index is 1080. The van der Waals surface area contributed by atoms with E-state index in [2.05, 4.69) is 40.0 Å².